The van der Waals surface area contributed by atoms with Crippen LogP contribution in [-0.2, 0) is 4.79 Å². The van der Waals surface area contributed by atoms with Crippen LogP contribution in [0.2, 0.25) is 0 Å². The van der Waals surface area contributed by atoms with E-state index in [0.29, 0.717) is 0 Å². The highest BCUT2D eigenvalue weighted by molar-refractivity contribution is 5.86. The topological polar surface area (TPSA) is 89.5 Å². The lowest BCUT2D eigenvalue weighted by Crippen LogP contribution is -2.30. The van der Waals surface area contributed by atoms with E-state index >= 15 is 0 Å². The van der Waals surface area contributed by atoms with Crippen molar-refractivity contribution in [2.75, 3.05) is 18.0 Å². The molecule has 2 rings (SSSR count). The second-order valence-corrected chi connectivity index (χ2v) is 4.47. The van der Waals surface area contributed by atoms with Crippen molar-refractivity contribution in [1.29, 1.82) is 0 Å². The summed E-state index contributed by atoms with van der Waals surface area (Å²) in [5, 5.41) is 10.6. The number of nitrogens with two attached hydrogens (primary N) is 1. The number of carbonyl (C=O) groups is 1. The minimum absolute atomic E-state index is 0.0927. The first-order valence-electron chi connectivity index (χ1n) is 6.04. The third kappa shape index (κ3) is 3.31. The van der Waals surface area contributed by atoms with Crippen molar-refractivity contribution >= 4 is 17.3 Å². The molecule has 1 aromatic carbocycles. The van der Waals surface area contributed by atoms with E-state index in [0.717, 1.165) is 37.2 Å². The molecule has 1 amide bonds. The molecule has 1 saturated heterocycles. The van der Waals surface area contributed by atoms with Gasteiger partial charge in [-0.05, 0) is 25.0 Å². The largest absolute Gasteiger partial charge is 0.371 e. The Bertz CT molecular complexity index is 512. The Morgan fingerprint density at radius 2 is 1.84 bits per heavy atom. The average molecular weight is 261 g/mol. The van der Waals surface area contributed by atoms with E-state index < -0.39 is 10.8 Å². The smallest absolute Gasteiger partial charge is 0.269 e. The van der Waals surface area contributed by atoms with E-state index in [1.54, 1.807) is 12.1 Å². The molecule has 0 bridgehead atoms. The van der Waals surface area contributed by atoms with E-state index in [1.807, 2.05) is 0 Å². The summed E-state index contributed by atoms with van der Waals surface area (Å²) in [4.78, 5) is 23.1. The Morgan fingerprint density at radius 3 is 2.32 bits per heavy atom. The number of hydrogen-bond donors (Lipinski definition) is 1. The number of nitro groups is 1. The average Bonchev–Trinajstić information content (AvgIpc) is 2.39. The quantitative estimate of drug-likeness (QED) is 0.508. The third-order valence-electron chi connectivity index (χ3n) is 3.18. The molecule has 2 N–H and O–H groups in total. The van der Waals surface area contributed by atoms with Crippen molar-refractivity contribution in [3.05, 3.63) is 46.0 Å². The Hall–Kier alpha value is -2.37. The predicted octanol–water partition coefficient (Wildman–Crippen LogP) is 1.61. The van der Waals surface area contributed by atoms with Gasteiger partial charge in [0.05, 0.1) is 4.92 Å². The van der Waals surface area contributed by atoms with Crippen molar-refractivity contribution in [3.63, 3.8) is 0 Å². The van der Waals surface area contributed by atoms with Crippen LogP contribution in [0.3, 0.4) is 0 Å². The molecule has 0 radical (unpaired) electrons. The van der Waals surface area contributed by atoms with Crippen molar-refractivity contribution in [2.24, 2.45) is 5.73 Å². The first-order chi connectivity index (χ1) is 9.06. The SMILES string of the molecule is NC(=O)C=C1CCN(c2ccc([N+](=O)[O-])cc2)CC1. The maximum Gasteiger partial charge on any atom is 0.269 e. The normalized spacial score (nSPS) is 15.2. The van der Waals surface area contributed by atoms with Gasteiger partial charge in [-0.25, -0.2) is 0 Å². The zero-order valence-corrected chi connectivity index (χ0v) is 10.4. The molecule has 0 aliphatic carbocycles. The molecular formula is C13H15N3O3. The van der Waals surface area contributed by atoms with E-state index in [1.165, 1.54) is 18.2 Å². The molecule has 100 valence electrons. The molecule has 0 unspecified atom stereocenters. The summed E-state index contributed by atoms with van der Waals surface area (Å²) in [6, 6.07) is 6.51. The summed E-state index contributed by atoms with van der Waals surface area (Å²) < 4.78 is 0. The molecule has 0 aromatic heterocycles. The van der Waals surface area contributed by atoms with Crippen LogP contribution in [0, 0.1) is 10.1 Å². The van der Waals surface area contributed by atoms with E-state index in [4.69, 9.17) is 5.73 Å². The van der Waals surface area contributed by atoms with Gasteiger partial charge in [-0.2, -0.15) is 0 Å². The predicted molar refractivity (Wildman–Crippen MR) is 71.8 cm³/mol. The van der Waals surface area contributed by atoms with E-state index in [2.05, 4.69) is 4.90 Å². The van der Waals surface area contributed by atoms with Gasteiger partial charge in [-0.1, -0.05) is 5.57 Å². The zero-order chi connectivity index (χ0) is 13.8. The number of benzene rings is 1. The van der Waals surface area contributed by atoms with Gasteiger partial charge in [0.15, 0.2) is 0 Å². The van der Waals surface area contributed by atoms with Crippen LogP contribution >= 0.6 is 0 Å². The molecular weight excluding hydrogens is 246 g/mol. The van der Waals surface area contributed by atoms with Gasteiger partial charge in [0, 0.05) is 37.0 Å². The van der Waals surface area contributed by atoms with Crippen LogP contribution < -0.4 is 10.6 Å². The Morgan fingerprint density at radius 1 is 1.26 bits per heavy atom. The fourth-order valence-corrected chi connectivity index (χ4v) is 2.18. The fourth-order valence-electron chi connectivity index (χ4n) is 2.18. The molecule has 1 aromatic rings. The molecule has 1 aliphatic heterocycles. The molecule has 0 atom stereocenters. The van der Waals surface area contributed by atoms with Crippen molar-refractivity contribution < 1.29 is 9.72 Å². The van der Waals surface area contributed by atoms with Crippen LogP contribution in [-0.4, -0.2) is 23.9 Å². The van der Waals surface area contributed by atoms with Crippen molar-refractivity contribution in [2.45, 2.75) is 12.8 Å². The van der Waals surface area contributed by atoms with Gasteiger partial charge in [-0.3, -0.25) is 14.9 Å². The fraction of sp³-hybridized carbons (Fsp3) is 0.308. The molecule has 1 heterocycles. The second-order valence-electron chi connectivity index (χ2n) is 4.47. The van der Waals surface area contributed by atoms with Crippen LogP contribution in [0.5, 0.6) is 0 Å². The summed E-state index contributed by atoms with van der Waals surface area (Å²) in [6.07, 6.45) is 3.08. The van der Waals surface area contributed by atoms with Gasteiger partial charge in [0.2, 0.25) is 5.91 Å². The number of rotatable bonds is 3. The minimum atomic E-state index is -0.409. The zero-order valence-electron chi connectivity index (χ0n) is 10.4. The van der Waals surface area contributed by atoms with Crippen molar-refractivity contribution in [1.82, 2.24) is 0 Å². The minimum Gasteiger partial charge on any atom is -0.371 e. The number of amides is 1. The highest BCUT2D eigenvalue weighted by atomic mass is 16.6. The van der Waals surface area contributed by atoms with E-state index in [-0.39, 0.29) is 5.69 Å². The highest BCUT2D eigenvalue weighted by Crippen LogP contribution is 2.24. The number of non-ortho nitro benzene ring substituents is 1. The summed E-state index contributed by atoms with van der Waals surface area (Å²) in [7, 11) is 0. The first kappa shape index (κ1) is 13.1. The maximum absolute atomic E-state index is 10.8. The standard InChI is InChI=1S/C13H15N3O3/c14-13(17)9-10-5-7-15(8-6-10)11-1-3-12(4-2-11)16(18)19/h1-4,9H,5-8H2,(H2,14,17). The highest BCUT2D eigenvalue weighted by Gasteiger charge is 2.15. The Balaban J connectivity index is 2.01. The van der Waals surface area contributed by atoms with Gasteiger partial charge >= 0.3 is 0 Å². The number of piperidine rings is 1. The third-order valence-corrected chi connectivity index (χ3v) is 3.18. The van der Waals surface area contributed by atoms with Gasteiger partial charge in [0.25, 0.3) is 5.69 Å². The monoisotopic (exact) mass is 261 g/mol. The van der Waals surface area contributed by atoms with Gasteiger partial charge in [0.1, 0.15) is 0 Å². The lowest BCUT2D eigenvalue weighted by molar-refractivity contribution is -0.384. The summed E-state index contributed by atoms with van der Waals surface area (Å²) in [6.45, 7) is 1.58. The molecule has 1 aliphatic rings. The lowest BCUT2D eigenvalue weighted by atomic mass is 10.0. The van der Waals surface area contributed by atoms with Crippen LogP contribution in [0.15, 0.2) is 35.9 Å². The molecule has 6 heteroatoms. The van der Waals surface area contributed by atoms with Crippen molar-refractivity contribution in [3.8, 4) is 0 Å². The molecule has 0 spiro atoms. The number of hydrogen-bond acceptors (Lipinski definition) is 4. The number of nitro benzene ring substituents is 1. The van der Waals surface area contributed by atoms with Crippen LogP contribution in [0.4, 0.5) is 11.4 Å². The molecule has 1 fully saturated rings. The van der Waals surface area contributed by atoms with Gasteiger partial charge < -0.3 is 10.6 Å². The maximum atomic E-state index is 10.8. The molecule has 0 saturated carbocycles. The number of nitrogens with zero attached hydrogens (tertiary/aromatic N) is 2. The van der Waals surface area contributed by atoms with E-state index in [9.17, 15) is 14.9 Å². The number of anilines is 1. The van der Waals surface area contributed by atoms with Gasteiger partial charge in [-0.15, -0.1) is 0 Å². The second kappa shape index (κ2) is 5.51. The Labute approximate surface area is 110 Å². The van der Waals surface area contributed by atoms with Crippen LogP contribution in [0.1, 0.15) is 12.8 Å². The number of primary amides is 1. The Kier molecular flexibility index (Phi) is 3.79. The molecule has 6 nitrogen and oxygen atoms in total. The molecule has 19 heavy (non-hydrogen) atoms. The number of carbonyl (C=O) groups excluding carboxylic acids is 1. The first-order valence-corrected chi connectivity index (χ1v) is 6.04. The van der Waals surface area contributed by atoms with Crippen LogP contribution in [0.25, 0.3) is 0 Å². The summed E-state index contributed by atoms with van der Waals surface area (Å²) in [5.41, 5.74) is 7.24. The summed E-state index contributed by atoms with van der Waals surface area (Å²) in [5.74, 6) is -0.404. The lowest BCUT2D eigenvalue weighted by Gasteiger charge is -2.30. The summed E-state index contributed by atoms with van der Waals surface area (Å²) >= 11 is 0.